The van der Waals surface area contributed by atoms with Gasteiger partial charge in [0.1, 0.15) is 24.3 Å². The quantitative estimate of drug-likeness (QED) is 0.673. The van der Waals surface area contributed by atoms with E-state index in [1.54, 1.807) is 12.1 Å². The number of aliphatic hydroxyl groups is 1. The van der Waals surface area contributed by atoms with Crippen LogP contribution in [-0.2, 0) is 11.3 Å². The van der Waals surface area contributed by atoms with Gasteiger partial charge in [-0.05, 0) is 12.5 Å². The molecule has 19 heavy (non-hydrogen) atoms. The zero-order valence-corrected chi connectivity index (χ0v) is 11.3. The van der Waals surface area contributed by atoms with Crippen LogP contribution in [0.1, 0.15) is 25.3 Å². The molecule has 1 rings (SSSR count). The van der Waals surface area contributed by atoms with Crippen molar-refractivity contribution in [3.8, 4) is 5.75 Å². The monoisotopic (exact) mass is 271 g/mol. The fourth-order valence-electron chi connectivity index (χ4n) is 1.49. The maximum Gasteiger partial charge on any atom is 0.131 e. The van der Waals surface area contributed by atoms with Gasteiger partial charge in [-0.15, -0.1) is 0 Å². The van der Waals surface area contributed by atoms with E-state index in [1.807, 2.05) is 0 Å². The van der Waals surface area contributed by atoms with E-state index in [0.717, 1.165) is 12.8 Å². The average Bonchev–Trinajstić information content (AvgIpc) is 2.41. The third kappa shape index (κ3) is 6.00. The molecular formula is C14H22FNO3. The fraction of sp³-hybridized carbons (Fsp3) is 0.571. The molecule has 0 spiro atoms. The van der Waals surface area contributed by atoms with Crippen molar-refractivity contribution >= 4 is 0 Å². The largest absolute Gasteiger partial charge is 0.491 e. The highest BCUT2D eigenvalue weighted by Gasteiger charge is 2.07. The summed E-state index contributed by atoms with van der Waals surface area (Å²) in [6.45, 7) is 3.16. The van der Waals surface area contributed by atoms with E-state index in [9.17, 15) is 9.50 Å². The Morgan fingerprint density at radius 3 is 2.79 bits per heavy atom. The number of rotatable bonds is 9. The number of nitrogens with two attached hydrogens (primary N) is 1. The molecule has 0 bridgehead atoms. The third-order valence-electron chi connectivity index (χ3n) is 2.64. The van der Waals surface area contributed by atoms with Crippen molar-refractivity contribution in [2.75, 3.05) is 19.8 Å². The van der Waals surface area contributed by atoms with Crippen molar-refractivity contribution < 1.29 is 19.0 Å². The standard InChI is InChI=1S/C14H22FNO3/c1-2-3-6-18-9-12(17)10-19-13-5-4-11(8-16)14(15)7-13/h4-5,7,12,17H,2-3,6,8-10,16H2,1H3. The molecule has 0 aliphatic carbocycles. The smallest absolute Gasteiger partial charge is 0.131 e. The molecular weight excluding hydrogens is 249 g/mol. The van der Waals surface area contributed by atoms with Gasteiger partial charge in [0.25, 0.3) is 0 Å². The van der Waals surface area contributed by atoms with E-state index >= 15 is 0 Å². The predicted octanol–water partition coefficient (Wildman–Crippen LogP) is 1.84. The molecule has 108 valence electrons. The van der Waals surface area contributed by atoms with Gasteiger partial charge in [-0.25, -0.2) is 4.39 Å². The molecule has 4 nitrogen and oxygen atoms in total. The summed E-state index contributed by atoms with van der Waals surface area (Å²) in [5, 5.41) is 9.62. The lowest BCUT2D eigenvalue weighted by atomic mass is 10.2. The molecule has 0 saturated heterocycles. The normalized spacial score (nSPS) is 12.4. The molecule has 5 heteroatoms. The van der Waals surface area contributed by atoms with Crippen LogP contribution in [0, 0.1) is 5.82 Å². The molecule has 0 amide bonds. The lowest BCUT2D eigenvalue weighted by molar-refractivity contribution is 0.0112. The Kier molecular flexibility index (Phi) is 7.40. The SMILES string of the molecule is CCCCOCC(O)COc1ccc(CN)c(F)c1. The lowest BCUT2D eigenvalue weighted by Crippen LogP contribution is -2.23. The van der Waals surface area contributed by atoms with Crippen LogP contribution in [-0.4, -0.2) is 31.0 Å². The second-order valence-electron chi connectivity index (χ2n) is 4.35. The molecule has 0 fully saturated rings. The van der Waals surface area contributed by atoms with Crippen LogP contribution in [0.2, 0.25) is 0 Å². The number of ether oxygens (including phenoxy) is 2. The maximum atomic E-state index is 13.4. The van der Waals surface area contributed by atoms with Gasteiger partial charge >= 0.3 is 0 Å². The number of benzene rings is 1. The first-order chi connectivity index (χ1) is 9.17. The van der Waals surface area contributed by atoms with E-state index in [0.29, 0.717) is 17.9 Å². The third-order valence-corrected chi connectivity index (χ3v) is 2.64. The van der Waals surface area contributed by atoms with Gasteiger partial charge in [0.15, 0.2) is 0 Å². The number of hydrogen-bond acceptors (Lipinski definition) is 4. The van der Waals surface area contributed by atoms with Crippen LogP contribution in [0.5, 0.6) is 5.75 Å². The lowest BCUT2D eigenvalue weighted by Gasteiger charge is -2.13. The Bertz CT molecular complexity index is 374. The summed E-state index contributed by atoms with van der Waals surface area (Å²) in [4.78, 5) is 0. The Balaban J connectivity index is 2.29. The molecule has 0 aliphatic heterocycles. The van der Waals surface area contributed by atoms with Gasteiger partial charge < -0.3 is 20.3 Å². The first kappa shape index (κ1) is 15.9. The van der Waals surface area contributed by atoms with Crippen molar-refractivity contribution in [1.82, 2.24) is 0 Å². The molecule has 0 saturated carbocycles. The molecule has 1 unspecified atom stereocenters. The fourth-order valence-corrected chi connectivity index (χ4v) is 1.49. The van der Waals surface area contributed by atoms with Crippen molar-refractivity contribution in [2.24, 2.45) is 5.73 Å². The van der Waals surface area contributed by atoms with Gasteiger partial charge in [0.05, 0.1) is 6.61 Å². The second kappa shape index (κ2) is 8.85. The summed E-state index contributed by atoms with van der Waals surface area (Å²) in [7, 11) is 0. The Hall–Kier alpha value is -1.17. The summed E-state index contributed by atoms with van der Waals surface area (Å²) >= 11 is 0. The predicted molar refractivity (Wildman–Crippen MR) is 71.5 cm³/mol. The van der Waals surface area contributed by atoms with E-state index in [4.69, 9.17) is 15.2 Å². The van der Waals surface area contributed by atoms with Gasteiger partial charge in [0, 0.05) is 24.8 Å². The van der Waals surface area contributed by atoms with Gasteiger partial charge in [-0.1, -0.05) is 19.4 Å². The number of halogens is 1. The summed E-state index contributed by atoms with van der Waals surface area (Å²) in [5.74, 6) is -0.0176. The maximum absolute atomic E-state index is 13.4. The molecule has 1 aromatic carbocycles. The number of hydrogen-bond donors (Lipinski definition) is 2. The van der Waals surface area contributed by atoms with Crippen LogP contribution >= 0.6 is 0 Å². The molecule has 0 heterocycles. The van der Waals surface area contributed by atoms with Crippen molar-refractivity contribution in [1.29, 1.82) is 0 Å². The zero-order chi connectivity index (χ0) is 14.1. The average molecular weight is 271 g/mol. The Labute approximate surface area is 113 Å². The summed E-state index contributed by atoms with van der Waals surface area (Å²) in [6.07, 6.45) is 1.31. The molecule has 0 radical (unpaired) electrons. The van der Waals surface area contributed by atoms with Gasteiger partial charge in [0.2, 0.25) is 0 Å². The number of unbranched alkanes of at least 4 members (excludes halogenated alkanes) is 1. The van der Waals surface area contributed by atoms with E-state index in [-0.39, 0.29) is 19.8 Å². The topological polar surface area (TPSA) is 64.7 Å². The minimum atomic E-state index is -0.714. The summed E-state index contributed by atoms with van der Waals surface area (Å²) < 4.78 is 24.0. The van der Waals surface area contributed by atoms with Crippen LogP contribution in [0.15, 0.2) is 18.2 Å². The van der Waals surface area contributed by atoms with E-state index in [1.165, 1.54) is 6.07 Å². The van der Waals surface area contributed by atoms with Gasteiger partial charge in [-0.3, -0.25) is 0 Å². The summed E-state index contributed by atoms with van der Waals surface area (Å²) in [5.41, 5.74) is 5.81. The number of aliphatic hydroxyl groups excluding tert-OH is 1. The Morgan fingerprint density at radius 2 is 2.16 bits per heavy atom. The highest BCUT2D eigenvalue weighted by Crippen LogP contribution is 2.16. The van der Waals surface area contributed by atoms with Crippen LogP contribution in [0.25, 0.3) is 0 Å². The van der Waals surface area contributed by atoms with Crippen LogP contribution in [0.3, 0.4) is 0 Å². The minimum Gasteiger partial charge on any atom is -0.491 e. The van der Waals surface area contributed by atoms with Crippen LogP contribution < -0.4 is 10.5 Å². The first-order valence-electron chi connectivity index (χ1n) is 6.54. The molecule has 3 N–H and O–H groups in total. The highest BCUT2D eigenvalue weighted by atomic mass is 19.1. The van der Waals surface area contributed by atoms with Crippen molar-refractivity contribution in [2.45, 2.75) is 32.4 Å². The summed E-state index contributed by atoms with van der Waals surface area (Å²) in [6, 6.07) is 4.48. The van der Waals surface area contributed by atoms with Crippen molar-refractivity contribution in [3.63, 3.8) is 0 Å². The molecule has 0 aliphatic rings. The molecule has 0 aromatic heterocycles. The molecule has 1 aromatic rings. The Morgan fingerprint density at radius 1 is 1.37 bits per heavy atom. The first-order valence-corrected chi connectivity index (χ1v) is 6.54. The van der Waals surface area contributed by atoms with E-state index < -0.39 is 11.9 Å². The zero-order valence-electron chi connectivity index (χ0n) is 11.3. The molecule has 1 atom stereocenters. The second-order valence-corrected chi connectivity index (χ2v) is 4.35. The minimum absolute atomic E-state index is 0.0769. The van der Waals surface area contributed by atoms with Crippen molar-refractivity contribution in [3.05, 3.63) is 29.6 Å². The highest BCUT2D eigenvalue weighted by molar-refractivity contribution is 5.28. The van der Waals surface area contributed by atoms with E-state index in [2.05, 4.69) is 6.92 Å². The van der Waals surface area contributed by atoms with Crippen LogP contribution in [0.4, 0.5) is 4.39 Å². The van der Waals surface area contributed by atoms with Gasteiger partial charge in [-0.2, -0.15) is 0 Å².